The number of nitrogens with one attached hydrogen (secondary N) is 1. The molecule has 7 heteroatoms. The largest absolute Gasteiger partial charge is 0.508 e. The van der Waals surface area contributed by atoms with Gasteiger partial charge in [-0.1, -0.05) is 42.5 Å². The lowest BCUT2D eigenvalue weighted by molar-refractivity contribution is -0.154. The molecule has 0 bridgehead atoms. The highest BCUT2D eigenvalue weighted by atomic mass is 16.4. The topological polar surface area (TPSA) is 107 Å². The van der Waals surface area contributed by atoms with Crippen LogP contribution in [0.1, 0.15) is 36.8 Å². The predicted octanol–water partition coefficient (Wildman–Crippen LogP) is 2.68. The van der Waals surface area contributed by atoms with Gasteiger partial charge in [-0.2, -0.15) is 0 Å². The summed E-state index contributed by atoms with van der Waals surface area (Å²) < 4.78 is 0. The molecule has 0 radical (unpaired) electrons. The van der Waals surface area contributed by atoms with E-state index in [4.69, 9.17) is 6.42 Å². The van der Waals surface area contributed by atoms with E-state index < -0.39 is 29.2 Å². The number of terminal acetylenes is 1. The van der Waals surface area contributed by atoms with Gasteiger partial charge in [0.25, 0.3) is 5.91 Å². The molecular formula is C25H26N2O5. The van der Waals surface area contributed by atoms with Gasteiger partial charge >= 0.3 is 5.97 Å². The van der Waals surface area contributed by atoms with Gasteiger partial charge in [-0.25, -0.2) is 0 Å². The van der Waals surface area contributed by atoms with E-state index in [0.29, 0.717) is 24.8 Å². The van der Waals surface area contributed by atoms with Gasteiger partial charge in [0.05, 0.1) is 5.92 Å². The Morgan fingerprint density at radius 1 is 1.12 bits per heavy atom. The first-order valence-corrected chi connectivity index (χ1v) is 10.5. The zero-order chi connectivity index (χ0) is 23.1. The Kier molecular flexibility index (Phi) is 7.16. The van der Waals surface area contributed by atoms with Crippen LogP contribution in [0.15, 0.2) is 54.6 Å². The lowest BCUT2D eigenvalue weighted by Gasteiger charge is -2.45. The van der Waals surface area contributed by atoms with Crippen molar-refractivity contribution in [2.75, 3.05) is 0 Å². The zero-order valence-electron chi connectivity index (χ0n) is 17.7. The van der Waals surface area contributed by atoms with Gasteiger partial charge in [0.2, 0.25) is 5.91 Å². The number of carbonyl (C=O) groups is 3. The number of benzene rings is 2. The van der Waals surface area contributed by atoms with E-state index in [0.717, 1.165) is 5.56 Å². The molecule has 3 N–H and O–H groups in total. The van der Waals surface area contributed by atoms with E-state index in [1.54, 1.807) is 12.1 Å². The Morgan fingerprint density at radius 3 is 2.50 bits per heavy atom. The first kappa shape index (κ1) is 22.9. The number of phenolic OH excluding ortho intramolecular Hbond substituents is 1. The number of hydrogen-bond donors (Lipinski definition) is 3. The number of rotatable bonds is 7. The van der Waals surface area contributed by atoms with Crippen molar-refractivity contribution in [3.8, 4) is 18.1 Å². The Hall–Kier alpha value is -3.79. The van der Waals surface area contributed by atoms with Crippen LogP contribution >= 0.6 is 0 Å². The van der Waals surface area contributed by atoms with Gasteiger partial charge < -0.3 is 20.4 Å². The molecule has 0 spiro atoms. The van der Waals surface area contributed by atoms with Gasteiger partial charge in [-0.05, 0) is 54.9 Å². The number of carboxylic acid groups (broad SMARTS) is 1. The highest BCUT2D eigenvalue weighted by Crippen LogP contribution is 2.39. The van der Waals surface area contributed by atoms with Crippen LogP contribution in [-0.4, -0.2) is 38.4 Å². The number of amides is 2. The third-order valence-electron chi connectivity index (χ3n) is 5.93. The lowest BCUT2D eigenvalue weighted by Crippen LogP contribution is -2.62. The van der Waals surface area contributed by atoms with Crippen LogP contribution in [-0.2, 0) is 27.5 Å². The van der Waals surface area contributed by atoms with E-state index in [-0.39, 0.29) is 25.3 Å². The van der Waals surface area contributed by atoms with Crippen LogP contribution in [0.3, 0.4) is 0 Å². The SMILES string of the molecule is C#CC(=O)N(Cc1cccc(O)c1)C1(C(=O)NCc2ccccc2)CCCC(C(=O)O)C1. The first-order chi connectivity index (χ1) is 15.4. The van der Waals surface area contributed by atoms with E-state index in [9.17, 15) is 24.6 Å². The third-order valence-corrected chi connectivity index (χ3v) is 5.93. The molecule has 166 valence electrons. The van der Waals surface area contributed by atoms with Crippen molar-refractivity contribution in [2.45, 2.75) is 44.3 Å². The van der Waals surface area contributed by atoms with Crippen molar-refractivity contribution in [1.29, 1.82) is 0 Å². The van der Waals surface area contributed by atoms with Crippen molar-refractivity contribution in [2.24, 2.45) is 5.92 Å². The van der Waals surface area contributed by atoms with Gasteiger partial charge in [0.1, 0.15) is 11.3 Å². The number of phenols is 1. The zero-order valence-corrected chi connectivity index (χ0v) is 17.7. The molecule has 0 aliphatic heterocycles. The molecule has 32 heavy (non-hydrogen) atoms. The maximum atomic E-state index is 13.6. The van der Waals surface area contributed by atoms with Crippen molar-refractivity contribution in [3.05, 3.63) is 65.7 Å². The summed E-state index contributed by atoms with van der Waals surface area (Å²) in [6, 6.07) is 15.6. The van der Waals surface area contributed by atoms with Crippen LogP contribution in [0.25, 0.3) is 0 Å². The molecule has 1 fully saturated rings. The van der Waals surface area contributed by atoms with Crippen LogP contribution < -0.4 is 5.32 Å². The number of hydrogen-bond acceptors (Lipinski definition) is 4. The first-order valence-electron chi connectivity index (χ1n) is 10.5. The molecule has 7 nitrogen and oxygen atoms in total. The van der Waals surface area contributed by atoms with Gasteiger partial charge in [0.15, 0.2) is 0 Å². The molecule has 1 aliphatic carbocycles. The number of carboxylic acids is 1. The van der Waals surface area contributed by atoms with E-state index in [2.05, 4.69) is 11.2 Å². The lowest BCUT2D eigenvalue weighted by atomic mass is 9.73. The van der Waals surface area contributed by atoms with Crippen molar-refractivity contribution < 1.29 is 24.6 Å². The summed E-state index contributed by atoms with van der Waals surface area (Å²) in [7, 11) is 0. The number of aromatic hydroxyl groups is 1. The second-order valence-electron chi connectivity index (χ2n) is 8.04. The second kappa shape index (κ2) is 10.0. The summed E-state index contributed by atoms with van der Waals surface area (Å²) in [5.74, 6) is -0.802. The van der Waals surface area contributed by atoms with Crippen LogP contribution in [0.4, 0.5) is 0 Å². The fourth-order valence-corrected chi connectivity index (χ4v) is 4.31. The molecule has 1 saturated carbocycles. The predicted molar refractivity (Wildman–Crippen MR) is 118 cm³/mol. The normalized spacial score (nSPS) is 20.0. The fourth-order valence-electron chi connectivity index (χ4n) is 4.31. The van der Waals surface area contributed by atoms with E-state index in [1.165, 1.54) is 17.0 Å². The average Bonchev–Trinajstić information content (AvgIpc) is 2.81. The molecule has 1 aliphatic rings. The maximum absolute atomic E-state index is 13.6. The molecule has 2 aromatic carbocycles. The summed E-state index contributed by atoms with van der Waals surface area (Å²) in [4.78, 5) is 39.5. The van der Waals surface area contributed by atoms with Crippen molar-refractivity contribution >= 4 is 17.8 Å². The monoisotopic (exact) mass is 434 g/mol. The Morgan fingerprint density at radius 2 is 1.84 bits per heavy atom. The summed E-state index contributed by atoms with van der Waals surface area (Å²) in [6.45, 7) is 0.214. The third kappa shape index (κ3) is 5.09. The molecule has 3 rings (SSSR count). The number of nitrogens with zero attached hydrogens (tertiary/aromatic N) is 1. The second-order valence-corrected chi connectivity index (χ2v) is 8.04. The summed E-state index contributed by atoms with van der Waals surface area (Å²) >= 11 is 0. The number of aliphatic carboxylic acids is 1. The highest BCUT2D eigenvalue weighted by molar-refractivity contribution is 5.99. The van der Waals surface area contributed by atoms with Crippen molar-refractivity contribution in [1.82, 2.24) is 10.2 Å². The quantitative estimate of drug-likeness (QED) is 0.581. The van der Waals surface area contributed by atoms with Gasteiger partial charge in [0, 0.05) is 13.1 Å². The molecule has 0 saturated heterocycles. The number of carbonyl (C=O) groups excluding carboxylic acids is 2. The summed E-state index contributed by atoms with van der Waals surface area (Å²) in [5, 5.41) is 22.4. The standard InChI is InChI=1S/C25H26N2O5/c1-2-22(29)27(17-19-10-6-12-21(28)14-19)25(13-7-11-20(15-25)23(30)31)24(32)26-16-18-8-4-3-5-9-18/h1,3-6,8-10,12,14,20,28H,7,11,13,15-17H2,(H,26,32)(H,30,31). The van der Waals surface area contributed by atoms with Crippen molar-refractivity contribution in [3.63, 3.8) is 0 Å². The fraction of sp³-hybridized carbons (Fsp3) is 0.320. The molecule has 2 atom stereocenters. The van der Waals surface area contributed by atoms with Crippen LogP contribution in [0.5, 0.6) is 5.75 Å². The highest BCUT2D eigenvalue weighted by Gasteiger charge is 2.50. The average molecular weight is 434 g/mol. The Labute approximate surface area is 187 Å². The smallest absolute Gasteiger partial charge is 0.306 e. The van der Waals surface area contributed by atoms with Gasteiger partial charge in [-0.3, -0.25) is 14.4 Å². The maximum Gasteiger partial charge on any atom is 0.306 e. The molecular weight excluding hydrogens is 408 g/mol. The molecule has 2 unspecified atom stereocenters. The molecule has 0 heterocycles. The summed E-state index contributed by atoms with van der Waals surface area (Å²) in [6.07, 6.45) is 6.59. The Balaban J connectivity index is 1.97. The Bertz CT molecular complexity index is 1030. The molecule has 0 aromatic heterocycles. The minimum Gasteiger partial charge on any atom is -0.508 e. The molecule has 2 amide bonds. The van der Waals surface area contributed by atoms with Crippen LogP contribution in [0, 0.1) is 18.3 Å². The van der Waals surface area contributed by atoms with E-state index >= 15 is 0 Å². The van der Waals surface area contributed by atoms with Gasteiger partial charge in [-0.15, -0.1) is 6.42 Å². The van der Waals surface area contributed by atoms with E-state index in [1.807, 2.05) is 30.3 Å². The summed E-state index contributed by atoms with van der Waals surface area (Å²) in [5.41, 5.74) is 0.0519. The van der Waals surface area contributed by atoms with Crippen LogP contribution in [0.2, 0.25) is 0 Å². The minimum atomic E-state index is -1.41. The minimum absolute atomic E-state index is 0.0187. The molecule has 2 aromatic rings.